The number of nitrogens with zero attached hydrogens (tertiary/aromatic N) is 1. The second kappa shape index (κ2) is 5.74. The molecule has 1 aromatic heterocycles. The quantitative estimate of drug-likeness (QED) is 0.772. The van der Waals surface area contributed by atoms with Gasteiger partial charge in [-0.1, -0.05) is 45.7 Å². The highest BCUT2D eigenvalue weighted by Gasteiger charge is 2.31. The molecular weight excluding hydrogens is 336 g/mol. The second-order valence-electron chi connectivity index (χ2n) is 5.36. The molecule has 20 heavy (non-hydrogen) atoms. The van der Waals surface area contributed by atoms with Gasteiger partial charge in [0.15, 0.2) is 0 Å². The number of aryl methyl sites for hydroxylation is 1. The van der Waals surface area contributed by atoms with Crippen molar-refractivity contribution in [3.63, 3.8) is 0 Å². The van der Waals surface area contributed by atoms with Crippen molar-refractivity contribution >= 4 is 33.2 Å². The van der Waals surface area contributed by atoms with E-state index in [0.717, 1.165) is 24.1 Å². The van der Waals surface area contributed by atoms with Gasteiger partial charge in [-0.05, 0) is 48.9 Å². The predicted molar refractivity (Wildman–Crippen MR) is 87.5 cm³/mol. The zero-order chi connectivity index (χ0) is 14.1. The summed E-state index contributed by atoms with van der Waals surface area (Å²) in [5, 5.41) is 4.11. The van der Waals surface area contributed by atoms with Crippen molar-refractivity contribution in [1.82, 2.24) is 4.98 Å². The van der Waals surface area contributed by atoms with Gasteiger partial charge in [-0.15, -0.1) is 0 Å². The Morgan fingerprint density at radius 1 is 1.30 bits per heavy atom. The summed E-state index contributed by atoms with van der Waals surface area (Å²) < 4.78 is 1.22. The fraction of sp³-hybridized carbons (Fsp3) is 0.312. The molecule has 1 aliphatic rings. The van der Waals surface area contributed by atoms with Crippen molar-refractivity contribution < 1.29 is 0 Å². The number of nitrogens with one attached hydrogen (secondary N) is 1. The van der Waals surface area contributed by atoms with Crippen molar-refractivity contribution in [2.75, 3.05) is 5.32 Å². The number of pyridine rings is 1. The monoisotopic (exact) mass is 350 g/mol. The Balaban J connectivity index is 1.61. The number of hydrogen-bond donors (Lipinski definition) is 1. The second-order valence-corrected chi connectivity index (χ2v) is 6.58. The minimum atomic E-state index is 0.523. The number of rotatable bonds is 3. The van der Waals surface area contributed by atoms with E-state index in [1.54, 1.807) is 6.20 Å². The van der Waals surface area contributed by atoms with Gasteiger partial charge in [0, 0.05) is 10.5 Å². The summed E-state index contributed by atoms with van der Waals surface area (Å²) >= 11 is 9.57. The Kier molecular flexibility index (Phi) is 3.99. The number of aromatic nitrogens is 1. The zero-order valence-corrected chi connectivity index (χ0v) is 13.6. The third-order valence-corrected chi connectivity index (χ3v) is 4.99. The van der Waals surface area contributed by atoms with Crippen LogP contribution in [0.3, 0.4) is 0 Å². The number of anilines is 1. The maximum Gasteiger partial charge on any atom is 0.132 e. The van der Waals surface area contributed by atoms with Gasteiger partial charge < -0.3 is 5.32 Å². The standard InChI is InChI=1S/C16H16BrClN2/c1-10-6-13(9-19-16(10)18)20-12-7-11(8-12)14-4-2-3-5-15(14)17/h2-6,9,11-12,20H,7-8H2,1H3. The fourth-order valence-electron chi connectivity index (χ4n) is 2.67. The number of halogens is 2. The van der Waals surface area contributed by atoms with Crippen LogP contribution in [-0.2, 0) is 0 Å². The van der Waals surface area contributed by atoms with Crippen LogP contribution in [0, 0.1) is 6.92 Å². The average Bonchev–Trinajstić information content (AvgIpc) is 2.39. The molecule has 0 atom stereocenters. The van der Waals surface area contributed by atoms with Gasteiger partial charge in [0.25, 0.3) is 0 Å². The molecule has 104 valence electrons. The SMILES string of the molecule is Cc1cc(NC2CC(c3ccccc3Br)C2)cnc1Cl. The summed E-state index contributed by atoms with van der Waals surface area (Å²) in [4.78, 5) is 4.18. The van der Waals surface area contributed by atoms with E-state index >= 15 is 0 Å². The fourth-order valence-corrected chi connectivity index (χ4v) is 3.38. The Bertz CT molecular complexity index is 624. The van der Waals surface area contributed by atoms with Gasteiger partial charge in [-0.3, -0.25) is 0 Å². The smallest absolute Gasteiger partial charge is 0.132 e. The minimum Gasteiger partial charge on any atom is -0.381 e. The van der Waals surface area contributed by atoms with E-state index in [9.17, 15) is 0 Å². The van der Waals surface area contributed by atoms with Gasteiger partial charge in [0.05, 0.1) is 11.9 Å². The molecular formula is C16H16BrClN2. The molecule has 0 unspecified atom stereocenters. The van der Waals surface area contributed by atoms with E-state index in [1.807, 2.05) is 6.92 Å². The lowest BCUT2D eigenvalue weighted by Crippen LogP contribution is -2.34. The Morgan fingerprint density at radius 3 is 2.75 bits per heavy atom. The lowest BCUT2D eigenvalue weighted by atomic mass is 9.76. The van der Waals surface area contributed by atoms with Gasteiger partial charge in [-0.2, -0.15) is 0 Å². The van der Waals surface area contributed by atoms with Crippen molar-refractivity contribution in [3.8, 4) is 0 Å². The van der Waals surface area contributed by atoms with Crippen LogP contribution >= 0.6 is 27.5 Å². The Morgan fingerprint density at radius 2 is 2.05 bits per heavy atom. The van der Waals surface area contributed by atoms with Gasteiger partial charge in [-0.25, -0.2) is 4.98 Å². The molecule has 2 nitrogen and oxygen atoms in total. The first-order valence-electron chi connectivity index (χ1n) is 6.76. The molecule has 0 spiro atoms. The van der Waals surface area contributed by atoms with Crippen LogP contribution in [0.15, 0.2) is 41.0 Å². The predicted octanol–water partition coefficient (Wildman–Crippen LogP) is 5.16. The molecule has 0 radical (unpaired) electrons. The van der Waals surface area contributed by atoms with Crippen molar-refractivity contribution in [3.05, 3.63) is 57.3 Å². The van der Waals surface area contributed by atoms with Crippen LogP contribution < -0.4 is 5.32 Å². The van der Waals surface area contributed by atoms with Crippen LogP contribution in [0.2, 0.25) is 5.15 Å². The molecule has 1 N–H and O–H groups in total. The van der Waals surface area contributed by atoms with Crippen LogP contribution in [0.25, 0.3) is 0 Å². The van der Waals surface area contributed by atoms with Crippen molar-refractivity contribution in [2.45, 2.75) is 31.7 Å². The molecule has 4 heteroatoms. The third kappa shape index (κ3) is 2.84. The summed E-state index contributed by atoms with van der Waals surface area (Å²) in [6.07, 6.45) is 4.12. The molecule has 1 fully saturated rings. The molecule has 0 amide bonds. The average molecular weight is 352 g/mol. The van der Waals surface area contributed by atoms with E-state index in [-0.39, 0.29) is 0 Å². The summed E-state index contributed by atoms with van der Waals surface area (Å²) in [6, 6.07) is 11.1. The molecule has 2 aromatic rings. The first kappa shape index (κ1) is 13.9. The van der Waals surface area contributed by atoms with Crippen LogP contribution in [-0.4, -0.2) is 11.0 Å². The van der Waals surface area contributed by atoms with E-state index < -0.39 is 0 Å². The highest BCUT2D eigenvalue weighted by atomic mass is 79.9. The zero-order valence-electron chi connectivity index (χ0n) is 11.2. The molecule has 3 rings (SSSR count). The van der Waals surface area contributed by atoms with Gasteiger partial charge >= 0.3 is 0 Å². The largest absolute Gasteiger partial charge is 0.381 e. The maximum atomic E-state index is 5.94. The molecule has 1 saturated carbocycles. The van der Waals surface area contributed by atoms with Gasteiger partial charge in [0.1, 0.15) is 5.15 Å². The summed E-state index contributed by atoms with van der Waals surface area (Å²) in [7, 11) is 0. The van der Waals surface area contributed by atoms with E-state index in [4.69, 9.17) is 11.6 Å². The molecule has 0 aliphatic heterocycles. The number of benzene rings is 1. The summed E-state index contributed by atoms with van der Waals surface area (Å²) in [6.45, 7) is 1.98. The highest BCUT2D eigenvalue weighted by molar-refractivity contribution is 9.10. The molecule has 0 saturated heterocycles. The normalized spacial score (nSPS) is 21.4. The topological polar surface area (TPSA) is 24.9 Å². The van der Waals surface area contributed by atoms with Crippen LogP contribution in [0.5, 0.6) is 0 Å². The van der Waals surface area contributed by atoms with E-state index in [1.165, 1.54) is 10.0 Å². The maximum absolute atomic E-state index is 5.94. The minimum absolute atomic E-state index is 0.523. The molecule has 0 bridgehead atoms. The van der Waals surface area contributed by atoms with E-state index in [0.29, 0.717) is 17.1 Å². The summed E-state index contributed by atoms with van der Waals surface area (Å²) in [5.74, 6) is 0.643. The lowest BCUT2D eigenvalue weighted by Gasteiger charge is -2.37. The number of hydrogen-bond acceptors (Lipinski definition) is 2. The van der Waals surface area contributed by atoms with Crippen molar-refractivity contribution in [2.24, 2.45) is 0 Å². The first-order valence-corrected chi connectivity index (χ1v) is 7.93. The molecule has 1 aromatic carbocycles. The van der Waals surface area contributed by atoms with Crippen LogP contribution in [0.1, 0.15) is 29.9 Å². The lowest BCUT2D eigenvalue weighted by molar-refractivity contribution is 0.373. The van der Waals surface area contributed by atoms with Crippen molar-refractivity contribution in [1.29, 1.82) is 0 Å². The first-order chi connectivity index (χ1) is 9.63. The highest BCUT2D eigenvalue weighted by Crippen LogP contribution is 2.41. The Hall–Kier alpha value is -1.06. The molecule has 1 aliphatic carbocycles. The molecule has 1 heterocycles. The Labute approximate surface area is 132 Å². The summed E-state index contributed by atoms with van der Waals surface area (Å²) in [5.41, 5.74) is 3.48. The van der Waals surface area contributed by atoms with E-state index in [2.05, 4.69) is 56.6 Å². The van der Waals surface area contributed by atoms with Gasteiger partial charge in [0.2, 0.25) is 0 Å². The third-order valence-electron chi connectivity index (χ3n) is 3.87. The van der Waals surface area contributed by atoms with Crippen LogP contribution in [0.4, 0.5) is 5.69 Å².